The molecule has 37 heavy (non-hydrogen) atoms. The number of benzene rings is 1. The van der Waals surface area contributed by atoms with E-state index in [-0.39, 0.29) is 5.91 Å². The summed E-state index contributed by atoms with van der Waals surface area (Å²) in [5.41, 5.74) is 0.683. The maximum absolute atomic E-state index is 13.6. The van der Waals surface area contributed by atoms with Crippen LogP contribution in [-0.2, 0) is 28.5 Å². The van der Waals surface area contributed by atoms with Gasteiger partial charge in [0.05, 0.1) is 6.61 Å². The number of fused-ring (bicyclic) bond motifs is 3. The predicted octanol–water partition coefficient (Wildman–Crippen LogP) is 5.30. The number of carbonyl (C=O) groups excluding carboxylic acids is 1. The zero-order valence-corrected chi connectivity index (χ0v) is 22.1. The fraction of sp³-hybridized carbons (Fsp3) is 0.759. The first-order valence-corrected chi connectivity index (χ1v) is 14.3. The monoisotopic (exact) mass is 515 g/mol. The van der Waals surface area contributed by atoms with E-state index in [2.05, 4.69) is 19.2 Å². The number of hydrogen-bond donors (Lipinski definition) is 1. The summed E-state index contributed by atoms with van der Waals surface area (Å²) in [5.74, 6) is -0.177. The maximum atomic E-state index is 13.6. The molecule has 1 amide bonds. The van der Waals surface area contributed by atoms with E-state index < -0.39 is 42.3 Å². The number of amides is 1. The van der Waals surface area contributed by atoms with E-state index in [1.54, 1.807) is 0 Å². The third-order valence-electron chi connectivity index (χ3n) is 8.45. The molecule has 0 aromatic heterocycles. The van der Waals surface area contributed by atoms with Gasteiger partial charge in [-0.2, -0.15) is 0 Å². The van der Waals surface area contributed by atoms with Crippen molar-refractivity contribution in [1.82, 2.24) is 0 Å². The molecule has 5 fully saturated rings. The Hall–Kier alpha value is -1.71. The predicted molar refractivity (Wildman–Crippen MR) is 136 cm³/mol. The van der Waals surface area contributed by atoms with Gasteiger partial charge in [0, 0.05) is 31.4 Å². The molecule has 8 nitrogen and oxygen atoms in total. The molecule has 8 heteroatoms. The van der Waals surface area contributed by atoms with Crippen molar-refractivity contribution in [3.05, 3.63) is 24.3 Å². The number of ether oxygens (including phenoxy) is 6. The lowest BCUT2D eigenvalue weighted by Crippen LogP contribution is -2.58. The van der Waals surface area contributed by atoms with Crippen molar-refractivity contribution in [2.75, 3.05) is 11.9 Å². The van der Waals surface area contributed by atoms with Gasteiger partial charge in [-0.25, -0.2) is 0 Å². The number of nitrogens with one attached hydrogen (secondary N) is 1. The second kappa shape index (κ2) is 10.5. The highest BCUT2D eigenvalue weighted by Gasteiger charge is 2.65. The highest BCUT2D eigenvalue weighted by atomic mass is 16.9. The lowest BCUT2D eigenvalue weighted by atomic mass is 9.94. The SMILES string of the molecule is CC(C)CCOc1ccc(NC(=O)[C@@H]2O[C@@H]3OC4(CCCCC4)O[C@H]3[C@H]3OC4(CCCCC4)O[C@@H]32)cc1. The van der Waals surface area contributed by atoms with Crippen molar-refractivity contribution in [1.29, 1.82) is 0 Å². The van der Waals surface area contributed by atoms with E-state index in [1.807, 2.05) is 24.3 Å². The van der Waals surface area contributed by atoms with Gasteiger partial charge in [0.25, 0.3) is 5.91 Å². The molecule has 2 spiro atoms. The topological polar surface area (TPSA) is 84.5 Å². The Morgan fingerprint density at radius 2 is 1.46 bits per heavy atom. The normalized spacial score (nSPS) is 33.9. The Labute approximate surface area is 219 Å². The molecule has 3 aliphatic heterocycles. The lowest BCUT2D eigenvalue weighted by Gasteiger charge is -2.36. The molecule has 1 N–H and O–H groups in total. The lowest BCUT2D eigenvalue weighted by molar-refractivity contribution is -0.246. The third-order valence-corrected chi connectivity index (χ3v) is 8.45. The van der Waals surface area contributed by atoms with Crippen molar-refractivity contribution in [3.63, 3.8) is 0 Å². The second-order valence-corrected chi connectivity index (χ2v) is 11.8. The Balaban J connectivity index is 1.17. The summed E-state index contributed by atoms with van der Waals surface area (Å²) < 4.78 is 38.3. The van der Waals surface area contributed by atoms with Gasteiger partial charge in [-0.05, 0) is 62.3 Å². The van der Waals surface area contributed by atoms with Gasteiger partial charge in [-0.15, -0.1) is 0 Å². The minimum atomic E-state index is -0.850. The molecule has 1 aromatic carbocycles. The minimum Gasteiger partial charge on any atom is -0.494 e. The Morgan fingerprint density at radius 3 is 2.11 bits per heavy atom. The summed E-state index contributed by atoms with van der Waals surface area (Å²) in [6.45, 7) is 5.03. The van der Waals surface area contributed by atoms with Crippen molar-refractivity contribution in [2.24, 2.45) is 5.92 Å². The van der Waals surface area contributed by atoms with E-state index in [9.17, 15) is 4.79 Å². The number of hydrogen-bond acceptors (Lipinski definition) is 7. The minimum absolute atomic E-state index is 0.258. The summed E-state index contributed by atoms with van der Waals surface area (Å²) in [5, 5.41) is 3.02. The summed E-state index contributed by atoms with van der Waals surface area (Å²) in [7, 11) is 0. The van der Waals surface area contributed by atoms with Crippen LogP contribution in [0.25, 0.3) is 0 Å². The van der Waals surface area contributed by atoms with Crippen LogP contribution in [0.3, 0.4) is 0 Å². The summed E-state index contributed by atoms with van der Waals surface area (Å²) in [6, 6.07) is 7.46. The van der Waals surface area contributed by atoms with Crippen molar-refractivity contribution >= 4 is 11.6 Å². The van der Waals surface area contributed by atoms with Crippen LogP contribution in [0.4, 0.5) is 5.69 Å². The van der Waals surface area contributed by atoms with Gasteiger partial charge in [0.2, 0.25) is 0 Å². The van der Waals surface area contributed by atoms with Crippen LogP contribution in [0.5, 0.6) is 5.75 Å². The van der Waals surface area contributed by atoms with Crippen molar-refractivity contribution in [3.8, 4) is 5.75 Å². The van der Waals surface area contributed by atoms with E-state index in [1.165, 1.54) is 12.8 Å². The quantitative estimate of drug-likeness (QED) is 0.551. The van der Waals surface area contributed by atoms with Crippen LogP contribution in [0, 0.1) is 5.92 Å². The van der Waals surface area contributed by atoms with Crippen LogP contribution in [-0.4, -0.2) is 54.8 Å². The van der Waals surface area contributed by atoms with Crippen LogP contribution >= 0.6 is 0 Å². The first kappa shape index (κ1) is 25.6. The molecular formula is C29H41NO7. The van der Waals surface area contributed by atoms with Crippen LogP contribution < -0.4 is 10.1 Å². The third kappa shape index (κ3) is 5.28. The fourth-order valence-corrected chi connectivity index (χ4v) is 6.43. The molecule has 1 aromatic rings. The van der Waals surface area contributed by atoms with Gasteiger partial charge in [-0.1, -0.05) is 26.7 Å². The van der Waals surface area contributed by atoms with Crippen LogP contribution in [0.15, 0.2) is 24.3 Å². The van der Waals surface area contributed by atoms with Crippen LogP contribution in [0.2, 0.25) is 0 Å². The summed E-state index contributed by atoms with van der Waals surface area (Å²) in [6.07, 6.45) is 8.12. The highest BCUT2D eigenvalue weighted by molar-refractivity contribution is 5.94. The highest BCUT2D eigenvalue weighted by Crippen LogP contribution is 2.51. The molecule has 0 unspecified atom stereocenters. The molecule has 3 heterocycles. The average molecular weight is 516 g/mol. The molecule has 0 radical (unpaired) electrons. The maximum Gasteiger partial charge on any atom is 0.256 e. The fourth-order valence-electron chi connectivity index (χ4n) is 6.43. The second-order valence-electron chi connectivity index (χ2n) is 11.8. The standard InChI is InChI=1S/C29H41NO7/c1-19(2)13-18-32-21-11-9-20(10-12-21)30-26(31)24-22-23(35-28(34-22)14-5-3-6-15-28)25-27(33-24)37-29(36-25)16-7-4-8-17-29/h9-12,19,22-25,27H,3-8,13-18H2,1-2H3,(H,30,31)/t22-,23-,24+,25-,27+/m0/s1. The molecule has 2 aliphatic carbocycles. The Bertz CT molecular complexity index is 938. The molecule has 2 saturated carbocycles. The number of rotatable bonds is 6. The zero-order valence-electron chi connectivity index (χ0n) is 22.1. The Kier molecular flexibility index (Phi) is 7.22. The molecule has 5 atom stereocenters. The first-order valence-electron chi connectivity index (χ1n) is 14.3. The van der Waals surface area contributed by atoms with Gasteiger partial charge in [-0.3, -0.25) is 4.79 Å². The van der Waals surface area contributed by atoms with Crippen molar-refractivity contribution in [2.45, 2.75) is 127 Å². The summed E-state index contributed by atoms with van der Waals surface area (Å²) in [4.78, 5) is 13.6. The van der Waals surface area contributed by atoms with E-state index >= 15 is 0 Å². The summed E-state index contributed by atoms with van der Waals surface area (Å²) >= 11 is 0. The Morgan fingerprint density at radius 1 is 0.865 bits per heavy atom. The first-order chi connectivity index (χ1) is 17.9. The molecule has 0 bridgehead atoms. The molecule has 204 valence electrons. The zero-order chi connectivity index (χ0) is 25.5. The molecule has 5 aliphatic rings. The van der Waals surface area contributed by atoms with E-state index in [0.717, 1.165) is 63.5 Å². The van der Waals surface area contributed by atoms with E-state index in [0.29, 0.717) is 18.2 Å². The van der Waals surface area contributed by atoms with Gasteiger partial charge in [0.15, 0.2) is 24.0 Å². The number of anilines is 1. The molecule has 6 rings (SSSR count). The average Bonchev–Trinajstić information content (AvgIpc) is 3.43. The molecular weight excluding hydrogens is 474 g/mol. The number of carbonyl (C=O) groups is 1. The van der Waals surface area contributed by atoms with Crippen LogP contribution in [0.1, 0.15) is 84.5 Å². The smallest absolute Gasteiger partial charge is 0.256 e. The largest absolute Gasteiger partial charge is 0.494 e. The van der Waals surface area contributed by atoms with Gasteiger partial charge < -0.3 is 33.7 Å². The van der Waals surface area contributed by atoms with Gasteiger partial charge in [0.1, 0.15) is 24.1 Å². The van der Waals surface area contributed by atoms with Gasteiger partial charge >= 0.3 is 0 Å². The molecule has 3 saturated heterocycles. The van der Waals surface area contributed by atoms with E-state index in [4.69, 9.17) is 28.4 Å². The van der Waals surface area contributed by atoms with Crippen molar-refractivity contribution < 1.29 is 33.2 Å².